The molecule has 0 saturated heterocycles. The van der Waals surface area contributed by atoms with Crippen LogP contribution >= 0.6 is 27.5 Å². The first-order valence-electron chi connectivity index (χ1n) is 6.07. The molecule has 1 atom stereocenters. The lowest BCUT2D eigenvalue weighted by molar-refractivity contribution is 0.468. The number of nitrogens with two attached hydrogens (primary N) is 1. The zero-order chi connectivity index (χ0) is 14.9. The van der Waals surface area contributed by atoms with Crippen LogP contribution in [0.25, 0.3) is 0 Å². The number of benzene rings is 2. The molecule has 0 radical (unpaired) electrons. The van der Waals surface area contributed by atoms with Crippen LogP contribution in [0, 0.1) is 12.7 Å². The zero-order valence-electron chi connectivity index (χ0n) is 11.1. The van der Waals surface area contributed by atoms with Gasteiger partial charge in [0.25, 0.3) is 0 Å². The van der Waals surface area contributed by atoms with Crippen molar-refractivity contribution in [1.82, 2.24) is 0 Å². The van der Waals surface area contributed by atoms with E-state index in [9.17, 15) is 4.39 Å². The topological polar surface area (TPSA) is 35.2 Å². The van der Waals surface area contributed by atoms with E-state index in [1.165, 1.54) is 6.07 Å². The lowest BCUT2D eigenvalue weighted by Gasteiger charge is -2.16. The van der Waals surface area contributed by atoms with Crippen LogP contribution in [-0.4, -0.2) is 0 Å². The molecule has 2 rings (SSSR count). The number of hydrogen-bond donors (Lipinski definition) is 1. The van der Waals surface area contributed by atoms with Crippen molar-refractivity contribution in [2.45, 2.75) is 19.9 Å². The molecule has 0 saturated carbocycles. The summed E-state index contributed by atoms with van der Waals surface area (Å²) in [5.74, 6) is 0.706. The van der Waals surface area contributed by atoms with Gasteiger partial charge < -0.3 is 10.5 Å². The molecule has 0 spiro atoms. The maximum atomic E-state index is 13.7. The molecule has 0 aromatic heterocycles. The maximum Gasteiger partial charge on any atom is 0.147 e. The molecule has 0 bridgehead atoms. The van der Waals surface area contributed by atoms with Crippen molar-refractivity contribution in [2.24, 2.45) is 5.73 Å². The predicted molar refractivity (Wildman–Crippen MR) is 83.0 cm³/mol. The van der Waals surface area contributed by atoms with E-state index in [0.717, 1.165) is 4.47 Å². The van der Waals surface area contributed by atoms with Gasteiger partial charge in [0.15, 0.2) is 0 Å². The Hall–Kier alpha value is -1.10. The Morgan fingerprint density at radius 3 is 2.60 bits per heavy atom. The van der Waals surface area contributed by atoms with Crippen molar-refractivity contribution in [2.75, 3.05) is 0 Å². The SMILES string of the molecule is Cc1cc(Oc2cc(Br)ccc2Cl)c(C(C)N)cc1F. The van der Waals surface area contributed by atoms with Gasteiger partial charge in [-0.1, -0.05) is 27.5 Å². The van der Waals surface area contributed by atoms with Gasteiger partial charge in [0.2, 0.25) is 0 Å². The Morgan fingerprint density at radius 2 is 1.95 bits per heavy atom. The molecule has 1 unspecified atom stereocenters. The number of rotatable bonds is 3. The molecule has 2 aromatic carbocycles. The molecule has 0 aliphatic heterocycles. The molecule has 0 heterocycles. The monoisotopic (exact) mass is 357 g/mol. The highest BCUT2D eigenvalue weighted by Gasteiger charge is 2.14. The summed E-state index contributed by atoms with van der Waals surface area (Å²) in [5.41, 5.74) is 6.96. The van der Waals surface area contributed by atoms with E-state index >= 15 is 0 Å². The van der Waals surface area contributed by atoms with E-state index in [2.05, 4.69) is 15.9 Å². The Morgan fingerprint density at radius 1 is 1.25 bits per heavy atom. The number of hydrogen-bond acceptors (Lipinski definition) is 2. The van der Waals surface area contributed by atoms with Gasteiger partial charge in [0, 0.05) is 16.1 Å². The zero-order valence-corrected chi connectivity index (χ0v) is 13.4. The van der Waals surface area contributed by atoms with Crippen LogP contribution in [0.4, 0.5) is 4.39 Å². The summed E-state index contributed by atoms with van der Waals surface area (Å²) >= 11 is 9.46. The molecular weight excluding hydrogens is 345 g/mol. The average Bonchev–Trinajstić information content (AvgIpc) is 2.37. The third-order valence-corrected chi connectivity index (χ3v) is 3.70. The summed E-state index contributed by atoms with van der Waals surface area (Å²) in [7, 11) is 0. The largest absolute Gasteiger partial charge is 0.455 e. The molecule has 2 N–H and O–H groups in total. The lowest BCUT2D eigenvalue weighted by atomic mass is 10.1. The van der Waals surface area contributed by atoms with Crippen molar-refractivity contribution in [3.8, 4) is 11.5 Å². The quantitative estimate of drug-likeness (QED) is 0.801. The molecule has 2 aromatic rings. The first-order chi connectivity index (χ1) is 9.38. The molecule has 0 fully saturated rings. The number of ether oxygens (including phenoxy) is 1. The fourth-order valence-electron chi connectivity index (χ4n) is 1.79. The van der Waals surface area contributed by atoms with E-state index in [0.29, 0.717) is 27.6 Å². The van der Waals surface area contributed by atoms with Gasteiger partial charge >= 0.3 is 0 Å². The molecule has 0 aliphatic carbocycles. The van der Waals surface area contributed by atoms with Crippen LogP contribution in [0.2, 0.25) is 5.02 Å². The van der Waals surface area contributed by atoms with Crippen LogP contribution in [0.5, 0.6) is 11.5 Å². The first-order valence-corrected chi connectivity index (χ1v) is 7.24. The smallest absolute Gasteiger partial charge is 0.147 e. The lowest BCUT2D eigenvalue weighted by Crippen LogP contribution is -2.08. The fraction of sp³-hybridized carbons (Fsp3) is 0.200. The van der Waals surface area contributed by atoms with Crippen LogP contribution in [-0.2, 0) is 0 Å². The highest BCUT2D eigenvalue weighted by atomic mass is 79.9. The second kappa shape index (κ2) is 6.12. The van der Waals surface area contributed by atoms with Crippen LogP contribution in [0.1, 0.15) is 24.1 Å². The summed E-state index contributed by atoms with van der Waals surface area (Å²) in [4.78, 5) is 0. The van der Waals surface area contributed by atoms with Gasteiger partial charge in [-0.2, -0.15) is 0 Å². The second-order valence-corrected chi connectivity index (χ2v) is 5.93. The third kappa shape index (κ3) is 3.32. The molecule has 2 nitrogen and oxygen atoms in total. The second-order valence-electron chi connectivity index (χ2n) is 4.60. The minimum atomic E-state index is -0.342. The summed E-state index contributed by atoms with van der Waals surface area (Å²) in [6.45, 7) is 3.45. The average molecular weight is 359 g/mol. The van der Waals surface area contributed by atoms with Crippen molar-refractivity contribution in [1.29, 1.82) is 0 Å². The molecular formula is C15H14BrClFNO. The van der Waals surface area contributed by atoms with E-state index < -0.39 is 0 Å². The van der Waals surface area contributed by atoms with Crippen molar-refractivity contribution < 1.29 is 9.13 Å². The van der Waals surface area contributed by atoms with Crippen LogP contribution in [0.3, 0.4) is 0 Å². The Kier molecular flexibility index (Phi) is 4.68. The van der Waals surface area contributed by atoms with Gasteiger partial charge in [0.05, 0.1) is 5.02 Å². The minimum Gasteiger partial charge on any atom is -0.455 e. The van der Waals surface area contributed by atoms with Crippen molar-refractivity contribution in [3.63, 3.8) is 0 Å². The van der Waals surface area contributed by atoms with Crippen molar-refractivity contribution >= 4 is 27.5 Å². The molecule has 0 amide bonds. The first kappa shape index (κ1) is 15.3. The summed E-state index contributed by atoms with van der Waals surface area (Å²) < 4.78 is 20.3. The normalized spacial score (nSPS) is 12.3. The minimum absolute atomic E-state index is 0.301. The fourth-order valence-corrected chi connectivity index (χ4v) is 2.28. The summed E-state index contributed by atoms with van der Waals surface area (Å²) in [5, 5.41) is 0.478. The van der Waals surface area contributed by atoms with Gasteiger partial charge in [-0.05, 0) is 49.7 Å². The van der Waals surface area contributed by atoms with E-state index in [4.69, 9.17) is 22.1 Å². The summed E-state index contributed by atoms with van der Waals surface area (Å²) in [6, 6.07) is 7.99. The standard InChI is InChI=1S/C15H14BrClFNO/c1-8-5-14(11(9(2)19)7-13(8)18)20-15-6-10(16)3-4-12(15)17/h3-7,9H,19H2,1-2H3. The Labute approximate surface area is 130 Å². The molecule has 20 heavy (non-hydrogen) atoms. The van der Waals surface area contributed by atoms with E-state index in [1.807, 2.05) is 6.07 Å². The third-order valence-electron chi connectivity index (χ3n) is 2.89. The van der Waals surface area contributed by atoms with Crippen LogP contribution < -0.4 is 10.5 Å². The molecule has 0 aliphatic rings. The molecule has 106 valence electrons. The van der Waals surface area contributed by atoms with Crippen LogP contribution in [0.15, 0.2) is 34.8 Å². The number of aryl methyl sites for hydroxylation is 1. The highest BCUT2D eigenvalue weighted by Crippen LogP contribution is 2.36. The highest BCUT2D eigenvalue weighted by molar-refractivity contribution is 9.10. The number of halogens is 3. The Bertz CT molecular complexity index is 646. The predicted octanol–water partition coefficient (Wildman–Crippen LogP) is 5.36. The van der Waals surface area contributed by atoms with Gasteiger partial charge in [-0.15, -0.1) is 0 Å². The van der Waals surface area contributed by atoms with Gasteiger partial charge in [0.1, 0.15) is 17.3 Å². The van der Waals surface area contributed by atoms with Gasteiger partial charge in [-0.25, -0.2) is 4.39 Å². The van der Waals surface area contributed by atoms with Gasteiger partial charge in [-0.3, -0.25) is 0 Å². The summed E-state index contributed by atoms with van der Waals surface area (Å²) in [6.07, 6.45) is 0. The van der Waals surface area contributed by atoms with E-state index in [-0.39, 0.29) is 11.9 Å². The Balaban J connectivity index is 2.47. The van der Waals surface area contributed by atoms with Crippen molar-refractivity contribution in [3.05, 3.63) is 56.8 Å². The van der Waals surface area contributed by atoms with E-state index in [1.54, 1.807) is 32.0 Å². The molecule has 5 heteroatoms. The maximum absolute atomic E-state index is 13.7.